The highest BCUT2D eigenvalue weighted by molar-refractivity contribution is 7.26. The van der Waals surface area contributed by atoms with Crippen LogP contribution in [-0.2, 0) is 0 Å². The number of hydrogen-bond donors (Lipinski definition) is 0. The third-order valence-corrected chi connectivity index (χ3v) is 13.3. The lowest BCUT2D eigenvalue weighted by Gasteiger charge is -2.18. The van der Waals surface area contributed by atoms with Gasteiger partial charge in [0.15, 0.2) is 0 Å². The average molecular weight is 743 g/mol. The highest BCUT2D eigenvalue weighted by Crippen LogP contribution is 2.49. The molecule has 0 N–H and O–H groups in total. The van der Waals surface area contributed by atoms with Crippen LogP contribution in [0.4, 0.5) is 0 Å². The summed E-state index contributed by atoms with van der Waals surface area (Å²) in [5.41, 5.74) is 10.9. The Hall–Kier alpha value is -7.20. The van der Waals surface area contributed by atoms with E-state index in [1.807, 2.05) is 23.5 Å². The molecule has 0 spiro atoms. The quantitative estimate of drug-likeness (QED) is 0.169. The first-order chi connectivity index (χ1) is 28.3. The van der Waals surface area contributed by atoms with Gasteiger partial charge in [-0.1, -0.05) is 152 Å². The summed E-state index contributed by atoms with van der Waals surface area (Å²) in [7, 11) is 0. The van der Waals surface area contributed by atoms with Gasteiger partial charge in [0.2, 0.25) is 0 Å². The standard InChI is InChI=1S/C54H30O2S/c1-6-18-39-33(12-1)44(30-45-40-28-29-47-51(53(40)56-52(39)45)42-19-7-9-22-46(42)55-47)31-24-26-32(27-25-31)49-35-14-2-4-16-37(35)50(38-17-5-3-15-36(38)49)43-21-11-20-41-34-13-8-10-23-48(34)57-54(41)43/h1-30H. The topological polar surface area (TPSA) is 26.3 Å². The van der Waals surface area contributed by atoms with Crippen LogP contribution in [0.2, 0.25) is 0 Å². The van der Waals surface area contributed by atoms with Crippen molar-refractivity contribution in [3.63, 3.8) is 0 Å². The first-order valence-corrected chi connectivity index (χ1v) is 20.2. The van der Waals surface area contributed by atoms with E-state index >= 15 is 0 Å². The fraction of sp³-hybridized carbons (Fsp3) is 0. The van der Waals surface area contributed by atoms with Gasteiger partial charge in [-0.3, -0.25) is 0 Å². The van der Waals surface area contributed by atoms with E-state index in [1.165, 1.54) is 80.5 Å². The molecule has 3 aromatic heterocycles. The number of benzene rings is 10. The fourth-order valence-corrected chi connectivity index (χ4v) is 10.8. The number of para-hydroxylation sites is 1. The van der Waals surface area contributed by atoms with E-state index in [0.717, 1.165) is 49.3 Å². The van der Waals surface area contributed by atoms with Crippen LogP contribution < -0.4 is 0 Å². The van der Waals surface area contributed by atoms with Crippen LogP contribution in [0.25, 0.3) is 130 Å². The molecule has 3 heterocycles. The Kier molecular flexibility index (Phi) is 6.35. The second-order valence-corrected chi connectivity index (χ2v) is 16.1. The van der Waals surface area contributed by atoms with Crippen molar-refractivity contribution in [3.8, 4) is 33.4 Å². The van der Waals surface area contributed by atoms with Crippen molar-refractivity contribution in [2.45, 2.75) is 0 Å². The Morgan fingerprint density at radius 2 is 0.895 bits per heavy atom. The number of fused-ring (bicyclic) bond motifs is 14. The molecule has 0 aliphatic carbocycles. The molecule has 57 heavy (non-hydrogen) atoms. The summed E-state index contributed by atoms with van der Waals surface area (Å²) >= 11 is 1.89. The van der Waals surface area contributed by atoms with Crippen molar-refractivity contribution in [2.75, 3.05) is 0 Å². The molecule has 0 unspecified atom stereocenters. The summed E-state index contributed by atoms with van der Waals surface area (Å²) in [6, 6.07) is 66.1. The van der Waals surface area contributed by atoms with Gasteiger partial charge in [0.05, 0.1) is 5.39 Å². The first-order valence-electron chi connectivity index (χ1n) is 19.4. The second-order valence-electron chi connectivity index (χ2n) is 15.1. The summed E-state index contributed by atoms with van der Waals surface area (Å²) in [6.07, 6.45) is 0. The Labute approximate surface area is 330 Å². The molecule has 13 rings (SSSR count). The maximum atomic E-state index is 6.82. The van der Waals surface area contributed by atoms with Crippen LogP contribution in [0, 0.1) is 0 Å². The van der Waals surface area contributed by atoms with Crippen molar-refractivity contribution < 1.29 is 8.83 Å². The van der Waals surface area contributed by atoms with Gasteiger partial charge in [-0.15, -0.1) is 11.3 Å². The van der Waals surface area contributed by atoms with Crippen molar-refractivity contribution in [1.82, 2.24) is 0 Å². The minimum atomic E-state index is 0.841. The molecule has 0 atom stereocenters. The number of thiophene rings is 1. The summed E-state index contributed by atoms with van der Waals surface area (Å²) < 4.78 is 15.7. The van der Waals surface area contributed by atoms with Crippen LogP contribution in [0.1, 0.15) is 0 Å². The van der Waals surface area contributed by atoms with Gasteiger partial charge in [0.1, 0.15) is 22.3 Å². The smallest absolute Gasteiger partial charge is 0.147 e. The Morgan fingerprint density at radius 3 is 1.65 bits per heavy atom. The monoisotopic (exact) mass is 742 g/mol. The van der Waals surface area contributed by atoms with Crippen LogP contribution >= 0.6 is 11.3 Å². The number of furan rings is 2. The second kappa shape index (κ2) is 11.7. The molecule has 0 aliphatic heterocycles. The van der Waals surface area contributed by atoms with E-state index in [1.54, 1.807) is 0 Å². The highest BCUT2D eigenvalue weighted by Gasteiger charge is 2.21. The van der Waals surface area contributed by atoms with Crippen molar-refractivity contribution in [3.05, 3.63) is 182 Å². The highest BCUT2D eigenvalue weighted by atomic mass is 32.1. The van der Waals surface area contributed by atoms with E-state index in [9.17, 15) is 0 Å². The summed E-state index contributed by atoms with van der Waals surface area (Å²) in [5.74, 6) is 0. The number of hydrogen-bond acceptors (Lipinski definition) is 3. The molecule has 0 amide bonds. The Bertz CT molecular complexity index is 3750. The molecule has 3 heteroatoms. The van der Waals surface area contributed by atoms with Crippen molar-refractivity contribution in [1.29, 1.82) is 0 Å². The molecule has 0 saturated carbocycles. The summed E-state index contributed by atoms with van der Waals surface area (Å²) in [5, 5.41) is 14.3. The van der Waals surface area contributed by atoms with Crippen LogP contribution in [0.15, 0.2) is 191 Å². The third kappa shape index (κ3) is 4.35. The molecular formula is C54H30O2S. The minimum Gasteiger partial charge on any atom is -0.456 e. The van der Waals surface area contributed by atoms with Gasteiger partial charge >= 0.3 is 0 Å². The molecule has 0 fully saturated rings. The van der Waals surface area contributed by atoms with E-state index in [4.69, 9.17) is 8.83 Å². The van der Waals surface area contributed by atoms with Crippen molar-refractivity contribution in [2.24, 2.45) is 0 Å². The van der Waals surface area contributed by atoms with Gasteiger partial charge in [0.25, 0.3) is 0 Å². The zero-order valence-corrected chi connectivity index (χ0v) is 31.4. The molecule has 0 radical (unpaired) electrons. The maximum absolute atomic E-state index is 6.82. The largest absolute Gasteiger partial charge is 0.456 e. The predicted octanol–water partition coefficient (Wildman–Crippen LogP) is 16.3. The predicted molar refractivity (Wildman–Crippen MR) is 243 cm³/mol. The van der Waals surface area contributed by atoms with Crippen LogP contribution in [0.3, 0.4) is 0 Å². The van der Waals surface area contributed by atoms with Crippen LogP contribution in [-0.4, -0.2) is 0 Å². The molecule has 13 aromatic rings. The van der Waals surface area contributed by atoms with E-state index in [2.05, 4.69) is 170 Å². The lowest BCUT2D eigenvalue weighted by Crippen LogP contribution is -1.91. The zero-order valence-electron chi connectivity index (χ0n) is 30.5. The van der Waals surface area contributed by atoms with Crippen LogP contribution in [0.5, 0.6) is 0 Å². The zero-order chi connectivity index (χ0) is 37.2. The molecule has 0 aliphatic rings. The molecule has 264 valence electrons. The maximum Gasteiger partial charge on any atom is 0.147 e. The summed E-state index contributed by atoms with van der Waals surface area (Å²) in [6.45, 7) is 0. The van der Waals surface area contributed by atoms with Gasteiger partial charge in [-0.2, -0.15) is 0 Å². The number of rotatable bonds is 3. The first kappa shape index (κ1) is 31.1. The fourth-order valence-electron chi connectivity index (χ4n) is 9.59. The van der Waals surface area contributed by atoms with Gasteiger partial charge < -0.3 is 8.83 Å². The van der Waals surface area contributed by atoms with Gasteiger partial charge in [0, 0.05) is 47.3 Å². The van der Waals surface area contributed by atoms with E-state index < -0.39 is 0 Å². The van der Waals surface area contributed by atoms with Crippen molar-refractivity contribution >= 4 is 108 Å². The molecular weight excluding hydrogens is 713 g/mol. The van der Waals surface area contributed by atoms with Gasteiger partial charge in [-0.25, -0.2) is 0 Å². The lowest BCUT2D eigenvalue weighted by molar-refractivity contribution is 0.664. The summed E-state index contributed by atoms with van der Waals surface area (Å²) in [4.78, 5) is 0. The third-order valence-electron chi connectivity index (χ3n) is 12.1. The minimum absolute atomic E-state index is 0.841. The Balaban J connectivity index is 1.02. The molecule has 0 saturated heterocycles. The molecule has 2 nitrogen and oxygen atoms in total. The van der Waals surface area contributed by atoms with E-state index in [-0.39, 0.29) is 0 Å². The Morgan fingerprint density at radius 1 is 0.316 bits per heavy atom. The van der Waals surface area contributed by atoms with Gasteiger partial charge in [-0.05, 0) is 85.1 Å². The molecule has 10 aromatic carbocycles. The SMILES string of the molecule is c1ccc2c(c1)oc1ccc3c4cc(-c5ccc(-c6c7ccccc7c(-c7cccc8c7sc7ccccc78)c7ccccc67)cc5)c5ccccc5c4oc3c12. The molecule has 0 bridgehead atoms. The lowest BCUT2D eigenvalue weighted by atomic mass is 9.85. The van der Waals surface area contributed by atoms with E-state index in [0.29, 0.717) is 0 Å². The normalized spacial score (nSPS) is 12.2. The average Bonchev–Trinajstić information content (AvgIpc) is 3.97.